The average molecular weight is 463 g/mol. The van der Waals surface area contributed by atoms with Gasteiger partial charge in [-0.15, -0.1) is 0 Å². The number of aromatic nitrogens is 5. The topological polar surface area (TPSA) is 101 Å². The molecule has 1 spiro atoms. The van der Waals surface area contributed by atoms with Gasteiger partial charge in [-0.1, -0.05) is 19.8 Å². The molecule has 1 saturated carbocycles. The maximum atomic E-state index is 13.5. The van der Waals surface area contributed by atoms with Crippen LogP contribution in [0.2, 0.25) is 0 Å². The molecule has 0 bridgehead atoms. The molecule has 5 rings (SSSR count). The molecule has 2 unspecified atom stereocenters. The fourth-order valence-electron chi connectivity index (χ4n) is 5.48. The Hall–Kier alpha value is -3.69. The van der Waals surface area contributed by atoms with Crippen LogP contribution in [0, 0.1) is 12.8 Å². The number of imidazole rings is 1. The van der Waals surface area contributed by atoms with Crippen molar-refractivity contribution in [1.82, 2.24) is 24.5 Å². The third-order valence-corrected chi connectivity index (χ3v) is 7.25. The molecular formula is C24H30N8O2. The van der Waals surface area contributed by atoms with E-state index >= 15 is 0 Å². The molecule has 3 aromatic rings. The van der Waals surface area contributed by atoms with Gasteiger partial charge in [0.1, 0.15) is 17.6 Å². The number of hydrogen-bond donors (Lipinski definition) is 1. The third-order valence-electron chi connectivity index (χ3n) is 7.25. The van der Waals surface area contributed by atoms with Gasteiger partial charge in [-0.05, 0) is 25.7 Å². The normalized spacial score (nSPS) is 21.8. The van der Waals surface area contributed by atoms with Crippen molar-refractivity contribution >= 4 is 29.0 Å². The van der Waals surface area contributed by atoms with Crippen molar-refractivity contribution in [1.29, 1.82) is 0 Å². The van der Waals surface area contributed by atoms with Gasteiger partial charge in [0.2, 0.25) is 5.95 Å². The lowest BCUT2D eigenvalue weighted by atomic mass is 9.81. The first-order chi connectivity index (χ1) is 16.4. The zero-order valence-electron chi connectivity index (χ0n) is 20.2. The number of amides is 1. The van der Waals surface area contributed by atoms with Crippen molar-refractivity contribution in [2.45, 2.75) is 45.1 Å². The summed E-state index contributed by atoms with van der Waals surface area (Å²) in [6.07, 6.45) is 10.9. The number of nitrogens with one attached hydrogen (secondary N) is 1. The van der Waals surface area contributed by atoms with Gasteiger partial charge >= 0.3 is 0 Å². The minimum atomic E-state index is -0.544. The summed E-state index contributed by atoms with van der Waals surface area (Å²) >= 11 is 0. The van der Waals surface area contributed by atoms with Crippen molar-refractivity contribution in [2.24, 2.45) is 5.92 Å². The molecule has 0 radical (unpaired) electrons. The molecule has 2 atom stereocenters. The van der Waals surface area contributed by atoms with E-state index in [4.69, 9.17) is 9.72 Å². The SMILES string of the molecule is CCC1CCCC12C(=O)N(C)c1cnc(Nc3cnc(-n4cnc(C)c4)c(OC)c3)nc1N2C. The standard InChI is InChI=1S/C24H30N8O2/c1-6-16-8-7-9-24(16)22(33)30(3)18-12-26-23(29-20(18)31(24)4)28-17-10-19(34-5)21(25-11-17)32-13-15(2)27-14-32/h10-14,16H,6-9H2,1-5H3,(H,26,28,29). The molecule has 1 aliphatic carbocycles. The third kappa shape index (κ3) is 3.27. The summed E-state index contributed by atoms with van der Waals surface area (Å²) in [5.74, 6) is 2.87. The summed E-state index contributed by atoms with van der Waals surface area (Å²) in [6.45, 7) is 4.09. The van der Waals surface area contributed by atoms with Gasteiger partial charge in [0.05, 0.1) is 30.9 Å². The van der Waals surface area contributed by atoms with E-state index in [1.165, 1.54) is 0 Å². The number of likely N-dealkylation sites (N-methyl/N-ethyl adjacent to an activating group) is 2. The van der Waals surface area contributed by atoms with E-state index in [9.17, 15) is 4.79 Å². The number of anilines is 4. The Morgan fingerprint density at radius 3 is 2.74 bits per heavy atom. The minimum absolute atomic E-state index is 0.135. The van der Waals surface area contributed by atoms with E-state index in [2.05, 4.69) is 32.1 Å². The summed E-state index contributed by atoms with van der Waals surface area (Å²) in [6, 6.07) is 1.85. The molecule has 10 heteroatoms. The molecule has 2 aliphatic rings. The predicted octanol–water partition coefficient (Wildman–Crippen LogP) is 3.48. The Labute approximate surface area is 199 Å². The number of methoxy groups -OCH3 is 1. The van der Waals surface area contributed by atoms with Crippen molar-refractivity contribution in [3.8, 4) is 11.6 Å². The second kappa shape index (κ2) is 8.27. The molecule has 1 amide bonds. The molecule has 0 aromatic carbocycles. The van der Waals surface area contributed by atoms with Crippen LogP contribution in [-0.2, 0) is 4.79 Å². The van der Waals surface area contributed by atoms with Gasteiger partial charge in [0, 0.05) is 26.4 Å². The molecule has 178 valence electrons. The molecule has 0 saturated heterocycles. The van der Waals surface area contributed by atoms with E-state index in [1.807, 2.05) is 37.8 Å². The summed E-state index contributed by atoms with van der Waals surface area (Å²) in [5, 5.41) is 3.24. The van der Waals surface area contributed by atoms with Crippen LogP contribution in [0.3, 0.4) is 0 Å². The molecule has 10 nitrogen and oxygen atoms in total. The highest BCUT2D eigenvalue weighted by Gasteiger charge is 2.56. The van der Waals surface area contributed by atoms with Crippen LogP contribution in [0.1, 0.15) is 38.3 Å². The van der Waals surface area contributed by atoms with Gasteiger partial charge < -0.3 is 19.9 Å². The van der Waals surface area contributed by atoms with Crippen LogP contribution >= 0.6 is 0 Å². The van der Waals surface area contributed by atoms with Gasteiger partial charge in [0.15, 0.2) is 17.4 Å². The highest BCUT2D eigenvalue weighted by molar-refractivity contribution is 6.07. The number of aryl methyl sites for hydroxylation is 1. The Kier molecular flexibility index (Phi) is 5.38. The molecule has 1 fully saturated rings. The second-order valence-corrected chi connectivity index (χ2v) is 9.04. The van der Waals surface area contributed by atoms with E-state index in [-0.39, 0.29) is 5.91 Å². The Bertz CT molecular complexity index is 1240. The lowest BCUT2D eigenvalue weighted by molar-refractivity contribution is -0.125. The predicted molar refractivity (Wildman–Crippen MR) is 130 cm³/mol. The van der Waals surface area contributed by atoms with Crippen LogP contribution in [-0.4, -0.2) is 57.2 Å². The zero-order chi connectivity index (χ0) is 24.0. The van der Waals surface area contributed by atoms with Gasteiger partial charge in [-0.3, -0.25) is 9.36 Å². The second-order valence-electron chi connectivity index (χ2n) is 9.04. The molecule has 3 aromatic heterocycles. The van der Waals surface area contributed by atoms with Crippen molar-refractivity contribution < 1.29 is 9.53 Å². The number of carbonyl (C=O) groups is 1. The smallest absolute Gasteiger partial charge is 0.253 e. The first-order valence-electron chi connectivity index (χ1n) is 11.6. The summed E-state index contributed by atoms with van der Waals surface area (Å²) < 4.78 is 7.38. The number of nitrogens with zero attached hydrogens (tertiary/aromatic N) is 7. The number of carbonyl (C=O) groups excluding carboxylic acids is 1. The number of pyridine rings is 1. The summed E-state index contributed by atoms with van der Waals surface area (Å²) in [4.78, 5) is 35.4. The van der Waals surface area contributed by atoms with Crippen LogP contribution < -0.4 is 19.9 Å². The van der Waals surface area contributed by atoms with E-state index in [0.29, 0.717) is 34.8 Å². The van der Waals surface area contributed by atoms with E-state index in [1.54, 1.807) is 30.7 Å². The number of ether oxygens (including phenoxy) is 1. The Morgan fingerprint density at radius 2 is 2.03 bits per heavy atom. The van der Waals surface area contributed by atoms with Crippen LogP contribution in [0.25, 0.3) is 5.82 Å². The van der Waals surface area contributed by atoms with Gasteiger partial charge in [-0.25, -0.2) is 15.0 Å². The van der Waals surface area contributed by atoms with E-state index in [0.717, 1.165) is 37.2 Å². The Balaban J connectivity index is 1.48. The highest BCUT2D eigenvalue weighted by atomic mass is 16.5. The fraction of sp³-hybridized carbons (Fsp3) is 0.458. The Morgan fingerprint density at radius 1 is 1.21 bits per heavy atom. The average Bonchev–Trinajstić information content (AvgIpc) is 3.48. The van der Waals surface area contributed by atoms with Gasteiger partial charge in [-0.2, -0.15) is 4.98 Å². The highest BCUT2D eigenvalue weighted by Crippen LogP contribution is 2.49. The maximum Gasteiger partial charge on any atom is 0.253 e. The molecule has 1 aliphatic heterocycles. The lowest BCUT2D eigenvalue weighted by Crippen LogP contribution is -2.63. The monoisotopic (exact) mass is 462 g/mol. The summed E-state index contributed by atoms with van der Waals surface area (Å²) in [7, 11) is 5.42. The van der Waals surface area contributed by atoms with Crippen LogP contribution in [0.4, 0.5) is 23.1 Å². The van der Waals surface area contributed by atoms with Crippen molar-refractivity contribution in [3.05, 3.63) is 36.7 Å². The number of rotatable bonds is 5. The number of fused-ring (bicyclic) bond motifs is 1. The van der Waals surface area contributed by atoms with Gasteiger partial charge in [0.25, 0.3) is 5.91 Å². The molecule has 1 N–H and O–H groups in total. The van der Waals surface area contributed by atoms with E-state index < -0.39 is 5.54 Å². The van der Waals surface area contributed by atoms with Crippen LogP contribution in [0.5, 0.6) is 5.75 Å². The van der Waals surface area contributed by atoms with Crippen LogP contribution in [0.15, 0.2) is 31.0 Å². The van der Waals surface area contributed by atoms with Crippen molar-refractivity contribution in [2.75, 3.05) is 36.3 Å². The lowest BCUT2D eigenvalue weighted by Gasteiger charge is -2.49. The summed E-state index contributed by atoms with van der Waals surface area (Å²) in [5.41, 5.74) is 1.76. The maximum absolute atomic E-state index is 13.5. The molecular weight excluding hydrogens is 432 g/mol. The minimum Gasteiger partial charge on any atom is -0.493 e. The largest absolute Gasteiger partial charge is 0.493 e. The fourth-order valence-corrected chi connectivity index (χ4v) is 5.48. The zero-order valence-corrected chi connectivity index (χ0v) is 20.2. The quantitative estimate of drug-likeness (QED) is 0.615. The molecule has 4 heterocycles. The first kappa shape index (κ1) is 22.1. The molecule has 34 heavy (non-hydrogen) atoms. The number of hydrogen-bond acceptors (Lipinski definition) is 8. The van der Waals surface area contributed by atoms with Crippen molar-refractivity contribution in [3.63, 3.8) is 0 Å². The first-order valence-corrected chi connectivity index (χ1v) is 11.6.